The van der Waals surface area contributed by atoms with E-state index in [1.54, 1.807) is 7.05 Å². The van der Waals surface area contributed by atoms with Gasteiger partial charge in [0.05, 0.1) is 12.2 Å². The number of nitrogens with zero attached hydrogens (tertiary/aromatic N) is 3. The van der Waals surface area contributed by atoms with Gasteiger partial charge >= 0.3 is 0 Å². The van der Waals surface area contributed by atoms with Crippen molar-refractivity contribution in [3.63, 3.8) is 0 Å². The second-order valence-electron chi connectivity index (χ2n) is 6.31. The van der Waals surface area contributed by atoms with Gasteiger partial charge in [-0.25, -0.2) is 0 Å². The second-order valence-corrected chi connectivity index (χ2v) is 6.31. The highest BCUT2D eigenvalue weighted by atomic mass is 127. The average molecular weight is 447 g/mol. The largest absolute Gasteiger partial charge is 0.359 e. The van der Waals surface area contributed by atoms with Crippen LogP contribution in [-0.2, 0) is 6.54 Å². The topological polar surface area (TPSA) is 65.7 Å². The lowest BCUT2D eigenvalue weighted by atomic mass is 10.1. The number of halogens is 1. The van der Waals surface area contributed by atoms with Crippen LogP contribution in [0.4, 0.5) is 0 Å². The van der Waals surface area contributed by atoms with Gasteiger partial charge in [-0.3, -0.25) is 9.89 Å². The van der Waals surface area contributed by atoms with Crippen LogP contribution in [0, 0.1) is 0 Å². The molecule has 0 radical (unpaired) electrons. The first kappa shape index (κ1) is 21.0. The molecule has 2 N–H and O–H groups in total. The molecule has 7 heteroatoms. The SMILES string of the molecule is C=CCN1CCC(NC(=NC)NCc2cc(C(C)C)no2)CC1.I. The first-order valence-electron chi connectivity index (χ1n) is 8.38. The number of rotatable bonds is 6. The van der Waals surface area contributed by atoms with Gasteiger partial charge in [-0.15, -0.1) is 30.6 Å². The monoisotopic (exact) mass is 447 g/mol. The van der Waals surface area contributed by atoms with E-state index in [2.05, 4.69) is 46.1 Å². The number of aliphatic imine (C=N–C) groups is 1. The number of likely N-dealkylation sites (tertiary alicyclic amines) is 1. The summed E-state index contributed by atoms with van der Waals surface area (Å²) >= 11 is 0. The van der Waals surface area contributed by atoms with Crippen LogP contribution in [0.3, 0.4) is 0 Å². The third kappa shape index (κ3) is 6.43. The summed E-state index contributed by atoms with van der Waals surface area (Å²) in [5.41, 5.74) is 0.985. The van der Waals surface area contributed by atoms with Crippen LogP contribution in [0.15, 0.2) is 28.2 Å². The summed E-state index contributed by atoms with van der Waals surface area (Å²) < 4.78 is 5.34. The van der Waals surface area contributed by atoms with E-state index in [0.29, 0.717) is 18.5 Å². The smallest absolute Gasteiger partial charge is 0.191 e. The molecule has 0 saturated carbocycles. The van der Waals surface area contributed by atoms with Crippen LogP contribution >= 0.6 is 24.0 Å². The summed E-state index contributed by atoms with van der Waals surface area (Å²) in [7, 11) is 1.79. The summed E-state index contributed by atoms with van der Waals surface area (Å²) in [6.07, 6.45) is 4.21. The van der Waals surface area contributed by atoms with E-state index in [1.165, 1.54) is 0 Å². The van der Waals surface area contributed by atoms with E-state index in [4.69, 9.17) is 4.52 Å². The van der Waals surface area contributed by atoms with E-state index < -0.39 is 0 Å². The lowest BCUT2D eigenvalue weighted by Gasteiger charge is -2.32. The van der Waals surface area contributed by atoms with Gasteiger partial charge in [0.25, 0.3) is 0 Å². The minimum absolute atomic E-state index is 0. The molecule has 1 fully saturated rings. The minimum atomic E-state index is 0. The Morgan fingerprint density at radius 1 is 1.50 bits per heavy atom. The quantitative estimate of drug-likeness (QED) is 0.304. The van der Waals surface area contributed by atoms with Gasteiger partial charge < -0.3 is 15.2 Å². The molecule has 0 bridgehead atoms. The predicted octanol–water partition coefficient (Wildman–Crippen LogP) is 2.73. The van der Waals surface area contributed by atoms with Gasteiger partial charge in [0, 0.05) is 38.8 Å². The summed E-state index contributed by atoms with van der Waals surface area (Å²) in [6, 6.07) is 2.46. The molecule has 0 aliphatic carbocycles. The van der Waals surface area contributed by atoms with Crippen molar-refractivity contribution < 1.29 is 4.52 Å². The van der Waals surface area contributed by atoms with Crippen molar-refractivity contribution in [1.29, 1.82) is 0 Å². The van der Waals surface area contributed by atoms with Crippen LogP contribution in [0.1, 0.15) is 44.1 Å². The van der Waals surface area contributed by atoms with E-state index in [1.807, 2.05) is 12.1 Å². The Labute approximate surface area is 162 Å². The molecule has 0 aromatic carbocycles. The first-order chi connectivity index (χ1) is 11.1. The molecule has 24 heavy (non-hydrogen) atoms. The van der Waals surface area contributed by atoms with Gasteiger partial charge in [0.1, 0.15) is 0 Å². The number of guanidine groups is 1. The Morgan fingerprint density at radius 2 is 2.21 bits per heavy atom. The van der Waals surface area contributed by atoms with Crippen molar-refractivity contribution in [1.82, 2.24) is 20.7 Å². The number of piperidine rings is 1. The Morgan fingerprint density at radius 3 is 2.75 bits per heavy atom. The Kier molecular flexibility index (Phi) is 9.35. The molecule has 0 spiro atoms. The third-order valence-corrected chi connectivity index (χ3v) is 4.14. The predicted molar refractivity (Wildman–Crippen MR) is 109 cm³/mol. The molecule has 1 aromatic rings. The van der Waals surface area contributed by atoms with E-state index >= 15 is 0 Å². The first-order valence-corrected chi connectivity index (χ1v) is 8.38. The fourth-order valence-corrected chi connectivity index (χ4v) is 2.69. The molecule has 2 heterocycles. The van der Waals surface area contributed by atoms with Crippen LogP contribution in [-0.4, -0.2) is 48.7 Å². The molecule has 1 aliphatic rings. The third-order valence-electron chi connectivity index (χ3n) is 4.14. The molecule has 2 rings (SSSR count). The zero-order valence-electron chi connectivity index (χ0n) is 14.9. The lowest BCUT2D eigenvalue weighted by molar-refractivity contribution is 0.225. The number of nitrogens with one attached hydrogen (secondary N) is 2. The lowest BCUT2D eigenvalue weighted by Crippen LogP contribution is -2.48. The van der Waals surface area contributed by atoms with Crippen molar-refractivity contribution in [2.45, 2.75) is 45.2 Å². The molecule has 0 amide bonds. The highest BCUT2D eigenvalue weighted by Gasteiger charge is 2.19. The maximum Gasteiger partial charge on any atom is 0.191 e. The zero-order valence-corrected chi connectivity index (χ0v) is 17.2. The standard InChI is InChI=1S/C17H29N5O.HI/c1-5-8-22-9-6-14(7-10-22)20-17(18-4)19-12-15-11-16(13(2)3)21-23-15;/h5,11,13-14H,1,6-10,12H2,2-4H3,(H2,18,19,20);1H. The molecule has 1 aromatic heterocycles. The Hall–Kier alpha value is -1.09. The zero-order chi connectivity index (χ0) is 16.7. The van der Waals surface area contributed by atoms with Gasteiger partial charge in [0.2, 0.25) is 0 Å². The van der Waals surface area contributed by atoms with Gasteiger partial charge in [-0.1, -0.05) is 25.1 Å². The highest BCUT2D eigenvalue weighted by molar-refractivity contribution is 14.0. The summed E-state index contributed by atoms with van der Waals surface area (Å²) in [5.74, 6) is 2.03. The van der Waals surface area contributed by atoms with Crippen LogP contribution in [0.25, 0.3) is 0 Å². The molecule has 136 valence electrons. The van der Waals surface area contributed by atoms with Gasteiger partial charge in [-0.2, -0.15) is 0 Å². The van der Waals surface area contributed by atoms with Crippen LogP contribution < -0.4 is 10.6 Å². The molecule has 1 saturated heterocycles. The van der Waals surface area contributed by atoms with Crippen molar-refractivity contribution in [2.75, 3.05) is 26.7 Å². The molecule has 6 nitrogen and oxygen atoms in total. The van der Waals surface area contributed by atoms with E-state index in [9.17, 15) is 0 Å². The summed E-state index contributed by atoms with van der Waals surface area (Å²) in [5, 5.41) is 10.9. The van der Waals surface area contributed by atoms with E-state index in [0.717, 1.165) is 49.9 Å². The second kappa shape index (κ2) is 10.7. The minimum Gasteiger partial charge on any atom is -0.359 e. The van der Waals surface area contributed by atoms with Crippen molar-refractivity contribution in [3.05, 3.63) is 30.2 Å². The van der Waals surface area contributed by atoms with Crippen LogP contribution in [0.5, 0.6) is 0 Å². The van der Waals surface area contributed by atoms with Crippen molar-refractivity contribution >= 4 is 29.9 Å². The fraction of sp³-hybridized carbons (Fsp3) is 0.647. The normalized spacial score (nSPS) is 16.8. The number of hydrogen-bond acceptors (Lipinski definition) is 4. The Balaban J connectivity index is 0.00000288. The van der Waals surface area contributed by atoms with Gasteiger partial charge in [0.15, 0.2) is 11.7 Å². The fourth-order valence-electron chi connectivity index (χ4n) is 2.69. The van der Waals surface area contributed by atoms with Gasteiger partial charge in [-0.05, 0) is 18.8 Å². The van der Waals surface area contributed by atoms with E-state index in [-0.39, 0.29) is 24.0 Å². The molecule has 0 unspecified atom stereocenters. The molecule has 0 atom stereocenters. The number of aromatic nitrogens is 1. The van der Waals surface area contributed by atoms with Crippen molar-refractivity contribution in [2.24, 2.45) is 4.99 Å². The number of hydrogen-bond donors (Lipinski definition) is 2. The maximum absolute atomic E-state index is 5.34. The molecular weight excluding hydrogens is 417 g/mol. The molecular formula is C17H30IN5O. The maximum atomic E-state index is 5.34. The average Bonchev–Trinajstić information content (AvgIpc) is 3.02. The summed E-state index contributed by atoms with van der Waals surface area (Å²) in [6.45, 7) is 11.8. The highest BCUT2D eigenvalue weighted by Crippen LogP contribution is 2.14. The molecule has 1 aliphatic heterocycles. The van der Waals surface area contributed by atoms with Crippen LogP contribution in [0.2, 0.25) is 0 Å². The van der Waals surface area contributed by atoms with Crippen molar-refractivity contribution in [3.8, 4) is 0 Å². The summed E-state index contributed by atoms with van der Waals surface area (Å²) in [4.78, 5) is 6.72. The Bertz CT molecular complexity index is 521.